The van der Waals surface area contributed by atoms with E-state index >= 15 is 0 Å². The SMILES string of the molecule is O=C(CSc1nnc2c(Cl)cc(Cl)cn12)NC(=O)NC1CCCC1. The van der Waals surface area contributed by atoms with Crippen LogP contribution in [0.2, 0.25) is 10.0 Å². The van der Waals surface area contributed by atoms with Gasteiger partial charge < -0.3 is 5.32 Å². The van der Waals surface area contributed by atoms with Gasteiger partial charge in [0.25, 0.3) is 0 Å². The summed E-state index contributed by atoms with van der Waals surface area (Å²) < 4.78 is 1.61. The molecule has 0 aliphatic heterocycles. The number of fused-ring (bicyclic) bond motifs is 1. The minimum Gasteiger partial charge on any atom is -0.335 e. The van der Waals surface area contributed by atoms with E-state index in [0.717, 1.165) is 37.4 Å². The molecule has 24 heavy (non-hydrogen) atoms. The Morgan fingerprint density at radius 2 is 2.04 bits per heavy atom. The number of hydrogen-bond donors (Lipinski definition) is 2. The average Bonchev–Trinajstić information content (AvgIpc) is 3.14. The molecular formula is C14H15Cl2N5O2S. The molecule has 2 aromatic heterocycles. The van der Waals surface area contributed by atoms with Crippen LogP contribution in [0.3, 0.4) is 0 Å². The number of imide groups is 1. The van der Waals surface area contributed by atoms with Gasteiger partial charge in [-0.2, -0.15) is 0 Å². The number of hydrogen-bond acceptors (Lipinski definition) is 5. The second-order valence-electron chi connectivity index (χ2n) is 5.47. The van der Waals surface area contributed by atoms with Crippen LogP contribution in [0.25, 0.3) is 5.65 Å². The number of carbonyl (C=O) groups is 2. The Hall–Kier alpha value is -1.51. The van der Waals surface area contributed by atoms with Gasteiger partial charge in [-0.1, -0.05) is 47.8 Å². The molecule has 2 heterocycles. The number of aromatic nitrogens is 3. The van der Waals surface area contributed by atoms with Crippen molar-refractivity contribution >= 4 is 52.5 Å². The summed E-state index contributed by atoms with van der Waals surface area (Å²) in [6.45, 7) is 0. The van der Waals surface area contributed by atoms with Crippen molar-refractivity contribution in [2.24, 2.45) is 0 Å². The highest BCUT2D eigenvalue weighted by Crippen LogP contribution is 2.25. The van der Waals surface area contributed by atoms with E-state index in [4.69, 9.17) is 23.2 Å². The standard InChI is InChI=1S/C14H15Cl2N5O2S/c15-8-5-10(16)12-19-20-14(21(12)6-8)24-7-11(22)18-13(23)17-9-3-1-2-4-9/h5-6,9H,1-4,7H2,(H2,17,18,22,23). The average molecular weight is 388 g/mol. The van der Waals surface area contributed by atoms with Crippen molar-refractivity contribution in [1.29, 1.82) is 0 Å². The van der Waals surface area contributed by atoms with Gasteiger partial charge in [-0.3, -0.25) is 14.5 Å². The topological polar surface area (TPSA) is 88.4 Å². The van der Waals surface area contributed by atoms with Crippen LogP contribution in [0.4, 0.5) is 4.79 Å². The van der Waals surface area contributed by atoms with Gasteiger partial charge in [-0.15, -0.1) is 10.2 Å². The van der Waals surface area contributed by atoms with Gasteiger partial charge in [0.05, 0.1) is 15.8 Å². The van der Waals surface area contributed by atoms with Crippen LogP contribution in [0.5, 0.6) is 0 Å². The molecular weight excluding hydrogens is 373 g/mol. The van der Waals surface area contributed by atoms with E-state index in [9.17, 15) is 9.59 Å². The maximum Gasteiger partial charge on any atom is 0.321 e. The minimum atomic E-state index is -0.454. The van der Waals surface area contributed by atoms with Gasteiger partial charge in [0.15, 0.2) is 10.8 Å². The van der Waals surface area contributed by atoms with Gasteiger partial charge in [0.1, 0.15) is 0 Å². The molecule has 0 aromatic carbocycles. The second-order valence-corrected chi connectivity index (χ2v) is 7.26. The van der Waals surface area contributed by atoms with Gasteiger partial charge in [0.2, 0.25) is 5.91 Å². The Kier molecular flexibility index (Phi) is 5.47. The third-order valence-corrected chi connectivity index (χ3v) is 5.10. The van der Waals surface area contributed by atoms with E-state index in [1.165, 1.54) is 0 Å². The first-order chi connectivity index (χ1) is 11.5. The van der Waals surface area contributed by atoms with Crippen molar-refractivity contribution in [3.05, 3.63) is 22.3 Å². The maximum atomic E-state index is 11.9. The molecule has 0 spiro atoms. The highest BCUT2D eigenvalue weighted by Gasteiger charge is 2.18. The lowest BCUT2D eigenvalue weighted by atomic mass is 10.2. The first-order valence-electron chi connectivity index (χ1n) is 7.46. The summed E-state index contributed by atoms with van der Waals surface area (Å²) in [6.07, 6.45) is 5.77. The number of carbonyl (C=O) groups excluding carboxylic acids is 2. The molecule has 2 aromatic rings. The van der Waals surface area contributed by atoms with E-state index in [-0.39, 0.29) is 11.8 Å². The minimum absolute atomic E-state index is 0.0308. The summed E-state index contributed by atoms with van der Waals surface area (Å²) in [5.41, 5.74) is 0.461. The zero-order valence-corrected chi connectivity index (χ0v) is 14.9. The van der Waals surface area contributed by atoms with Crippen molar-refractivity contribution in [3.63, 3.8) is 0 Å². The van der Waals surface area contributed by atoms with E-state index in [0.29, 0.717) is 20.8 Å². The molecule has 0 radical (unpaired) electrons. The predicted molar refractivity (Wildman–Crippen MR) is 92.7 cm³/mol. The fraction of sp³-hybridized carbons (Fsp3) is 0.429. The number of rotatable bonds is 4. The summed E-state index contributed by atoms with van der Waals surface area (Å²) in [5, 5.41) is 14.4. The molecule has 0 unspecified atom stereocenters. The van der Waals surface area contributed by atoms with Gasteiger partial charge >= 0.3 is 6.03 Å². The third-order valence-electron chi connectivity index (χ3n) is 3.67. The van der Waals surface area contributed by atoms with Crippen molar-refractivity contribution in [3.8, 4) is 0 Å². The highest BCUT2D eigenvalue weighted by molar-refractivity contribution is 7.99. The molecule has 128 valence electrons. The third kappa shape index (κ3) is 4.12. The Balaban J connectivity index is 1.55. The smallest absolute Gasteiger partial charge is 0.321 e. The molecule has 1 fully saturated rings. The summed E-state index contributed by atoms with van der Waals surface area (Å²) >= 11 is 13.1. The number of nitrogens with zero attached hydrogens (tertiary/aromatic N) is 3. The normalized spacial score (nSPS) is 14.9. The predicted octanol–water partition coefficient (Wildman–Crippen LogP) is 2.90. The lowest BCUT2D eigenvalue weighted by Crippen LogP contribution is -2.44. The summed E-state index contributed by atoms with van der Waals surface area (Å²) in [5.74, 6) is -0.372. The monoisotopic (exact) mass is 387 g/mol. The van der Waals surface area contributed by atoms with Crippen LogP contribution in [0.15, 0.2) is 17.4 Å². The first kappa shape index (κ1) is 17.3. The molecule has 0 atom stereocenters. The van der Waals surface area contributed by atoms with Crippen LogP contribution in [-0.2, 0) is 4.79 Å². The molecule has 1 saturated carbocycles. The molecule has 0 bridgehead atoms. The zero-order chi connectivity index (χ0) is 17.1. The van der Waals surface area contributed by atoms with Crippen molar-refractivity contribution in [2.45, 2.75) is 36.9 Å². The Morgan fingerprint density at radius 1 is 1.29 bits per heavy atom. The molecule has 0 saturated heterocycles. The van der Waals surface area contributed by atoms with E-state index in [2.05, 4.69) is 20.8 Å². The van der Waals surface area contributed by atoms with Crippen molar-refractivity contribution < 1.29 is 9.59 Å². The van der Waals surface area contributed by atoms with Crippen LogP contribution in [0.1, 0.15) is 25.7 Å². The fourth-order valence-corrected chi connectivity index (χ4v) is 3.80. The molecule has 3 rings (SSSR count). The molecule has 1 aliphatic carbocycles. The molecule has 7 nitrogen and oxygen atoms in total. The van der Waals surface area contributed by atoms with E-state index < -0.39 is 11.9 Å². The summed E-state index contributed by atoms with van der Waals surface area (Å²) in [7, 11) is 0. The van der Waals surface area contributed by atoms with Crippen LogP contribution < -0.4 is 10.6 Å². The van der Waals surface area contributed by atoms with Crippen LogP contribution >= 0.6 is 35.0 Å². The molecule has 2 N–H and O–H groups in total. The highest BCUT2D eigenvalue weighted by atomic mass is 35.5. The Morgan fingerprint density at radius 3 is 2.79 bits per heavy atom. The summed E-state index contributed by atoms with van der Waals surface area (Å²) in [4.78, 5) is 23.6. The van der Waals surface area contributed by atoms with E-state index in [1.807, 2.05) is 0 Å². The summed E-state index contributed by atoms with van der Waals surface area (Å²) in [6, 6.07) is 1.28. The molecule has 10 heteroatoms. The quantitative estimate of drug-likeness (QED) is 0.787. The number of halogens is 2. The number of nitrogens with one attached hydrogen (secondary N) is 2. The second kappa shape index (κ2) is 7.58. The van der Waals surface area contributed by atoms with Crippen molar-refractivity contribution in [1.82, 2.24) is 25.2 Å². The van der Waals surface area contributed by atoms with Crippen LogP contribution in [0, 0.1) is 0 Å². The van der Waals surface area contributed by atoms with Crippen LogP contribution in [-0.4, -0.2) is 38.3 Å². The maximum absolute atomic E-state index is 11.9. The number of urea groups is 1. The largest absolute Gasteiger partial charge is 0.335 e. The molecule has 3 amide bonds. The number of thioether (sulfide) groups is 1. The van der Waals surface area contributed by atoms with Gasteiger partial charge in [-0.25, -0.2) is 4.79 Å². The van der Waals surface area contributed by atoms with Crippen molar-refractivity contribution in [2.75, 3.05) is 5.75 Å². The Labute approximate surface area is 152 Å². The lowest BCUT2D eigenvalue weighted by molar-refractivity contribution is -0.117. The number of amides is 3. The van der Waals surface area contributed by atoms with Gasteiger partial charge in [0, 0.05) is 12.2 Å². The van der Waals surface area contributed by atoms with E-state index in [1.54, 1.807) is 16.7 Å². The molecule has 1 aliphatic rings. The van der Waals surface area contributed by atoms with Gasteiger partial charge in [-0.05, 0) is 18.9 Å². The number of pyridine rings is 1. The fourth-order valence-electron chi connectivity index (χ4n) is 2.59. The lowest BCUT2D eigenvalue weighted by Gasteiger charge is -2.11. The zero-order valence-electron chi connectivity index (χ0n) is 12.6. The Bertz CT molecular complexity index is 776. The first-order valence-corrected chi connectivity index (χ1v) is 9.20.